The molecule has 0 heterocycles. The first kappa shape index (κ1) is 14.0. The van der Waals surface area contributed by atoms with E-state index in [0.717, 1.165) is 24.4 Å². The Morgan fingerprint density at radius 1 is 1.18 bits per heavy atom. The van der Waals surface area contributed by atoms with Crippen molar-refractivity contribution < 1.29 is 9.84 Å². The van der Waals surface area contributed by atoms with Crippen LogP contribution in [0, 0.1) is 0 Å². The molecule has 3 nitrogen and oxygen atoms in total. The zero-order valence-electron chi connectivity index (χ0n) is 11.2. The average molecular weight is 237 g/mol. The second-order valence-electron chi connectivity index (χ2n) is 4.18. The summed E-state index contributed by atoms with van der Waals surface area (Å²) in [6.45, 7) is 8.18. The summed E-state index contributed by atoms with van der Waals surface area (Å²) in [7, 11) is 1.64. The molecule has 1 N–H and O–H groups in total. The van der Waals surface area contributed by atoms with Crippen LogP contribution in [0.1, 0.15) is 32.4 Å². The molecule has 0 saturated heterocycles. The molecule has 0 saturated carbocycles. The van der Waals surface area contributed by atoms with Gasteiger partial charge in [-0.1, -0.05) is 26.0 Å². The van der Waals surface area contributed by atoms with Crippen molar-refractivity contribution >= 4 is 0 Å². The van der Waals surface area contributed by atoms with Crippen LogP contribution in [0.3, 0.4) is 0 Å². The predicted molar refractivity (Wildman–Crippen MR) is 70.3 cm³/mol. The Balaban J connectivity index is 2.76. The van der Waals surface area contributed by atoms with Gasteiger partial charge in [0.25, 0.3) is 0 Å². The number of rotatable bonds is 6. The molecular formula is C14H23NO2. The van der Waals surface area contributed by atoms with Crippen LogP contribution in [0.15, 0.2) is 24.3 Å². The molecule has 1 rings (SSSR count). The van der Waals surface area contributed by atoms with E-state index in [9.17, 15) is 5.11 Å². The zero-order chi connectivity index (χ0) is 12.8. The molecule has 0 fully saturated rings. The van der Waals surface area contributed by atoms with E-state index in [4.69, 9.17) is 4.74 Å². The van der Waals surface area contributed by atoms with Gasteiger partial charge in [0.15, 0.2) is 0 Å². The molecular weight excluding hydrogens is 214 g/mol. The summed E-state index contributed by atoms with van der Waals surface area (Å²) in [6, 6.07) is 7.73. The van der Waals surface area contributed by atoms with E-state index in [1.165, 1.54) is 0 Å². The molecule has 0 spiro atoms. The van der Waals surface area contributed by atoms with Gasteiger partial charge in [-0.15, -0.1) is 0 Å². The van der Waals surface area contributed by atoms with Crippen molar-refractivity contribution in [1.82, 2.24) is 4.90 Å². The first-order valence-electron chi connectivity index (χ1n) is 6.20. The third kappa shape index (κ3) is 3.45. The highest BCUT2D eigenvalue weighted by molar-refractivity contribution is 5.29. The predicted octanol–water partition coefficient (Wildman–Crippen LogP) is 2.46. The number of aliphatic hydroxyl groups excluding tert-OH is 1. The van der Waals surface area contributed by atoms with E-state index in [0.29, 0.717) is 0 Å². The van der Waals surface area contributed by atoms with Crippen LogP contribution in [0.25, 0.3) is 0 Å². The third-order valence-electron chi connectivity index (χ3n) is 3.30. The molecule has 0 radical (unpaired) electrons. The van der Waals surface area contributed by atoms with Gasteiger partial charge in [0.05, 0.1) is 13.2 Å². The van der Waals surface area contributed by atoms with Crippen LogP contribution >= 0.6 is 0 Å². The molecule has 96 valence electrons. The summed E-state index contributed by atoms with van der Waals surface area (Å²) < 4.78 is 5.11. The molecule has 0 aliphatic heterocycles. The summed E-state index contributed by atoms with van der Waals surface area (Å²) >= 11 is 0. The molecule has 3 heteroatoms. The molecule has 1 aromatic carbocycles. The van der Waals surface area contributed by atoms with Gasteiger partial charge in [-0.2, -0.15) is 0 Å². The largest absolute Gasteiger partial charge is 0.497 e. The van der Waals surface area contributed by atoms with Gasteiger partial charge in [0.1, 0.15) is 5.75 Å². The maximum atomic E-state index is 10.3. The maximum absolute atomic E-state index is 10.3. The number of aliphatic hydroxyl groups is 1. The molecule has 0 aliphatic rings. The van der Waals surface area contributed by atoms with Crippen LogP contribution < -0.4 is 4.74 Å². The van der Waals surface area contributed by atoms with Crippen LogP contribution in [-0.4, -0.2) is 36.2 Å². The Morgan fingerprint density at radius 2 is 1.71 bits per heavy atom. The number of hydrogen-bond donors (Lipinski definition) is 1. The molecule has 2 atom stereocenters. The van der Waals surface area contributed by atoms with Gasteiger partial charge in [-0.3, -0.25) is 4.90 Å². The van der Waals surface area contributed by atoms with Crippen LogP contribution in [-0.2, 0) is 0 Å². The molecule has 17 heavy (non-hydrogen) atoms. The first-order valence-corrected chi connectivity index (χ1v) is 6.20. The fraction of sp³-hybridized carbons (Fsp3) is 0.571. The minimum atomic E-state index is -0.458. The second kappa shape index (κ2) is 6.62. The van der Waals surface area contributed by atoms with Crippen molar-refractivity contribution in [2.75, 3.05) is 20.2 Å². The second-order valence-corrected chi connectivity index (χ2v) is 4.18. The van der Waals surface area contributed by atoms with E-state index in [1.54, 1.807) is 7.11 Å². The highest BCUT2D eigenvalue weighted by Crippen LogP contribution is 2.22. The number of benzene rings is 1. The fourth-order valence-corrected chi connectivity index (χ4v) is 2.08. The SMILES string of the molecule is CCN(CC)[C@@H](C)[C@@H](O)c1ccc(OC)cc1. The maximum Gasteiger partial charge on any atom is 0.118 e. The molecule has 0 bridgehead atoms. The lowest BCUT2D eigenvalue weighted by atomic mass is 10.0. The van der Waals surface area contributed by atoms with Gasteiger partial charge in [0.2, 0.25) is 0 Å². The Kier molecular flexibility index (Phi) is 5.45. The molecule has 0 unspecified atom stereocenters. The fourth-order valence-electron chi connectivity index (χ4n) is 2.08. The summed E-state index contributed by atoms with van der Waals surface area (Å²) in [6.07, 6.45) is -0.458. The lowest BCUT2D eigenvalue weighted by molar-refractivity contribution is 0.0638. The van der Waals surface area contributed by atoms with Crippen molar-refractivity contribution in [3.63, 3.8) is 0 Å². The Labute approximate surface area is 104 Å². The summed E-state index contributed by atoms with van der Waals surface area (Å²) in [4.78, 5) is 2.24. The van der Waals surface area contributed by atoms with Crippen molar-refractivity contribution in [1.29, 1.82) is 0 Å². The number of likely N-dealkylation sites (N-methyl/N-ethyl adjacent to an activating group) is 1. The quantitative estimate of drug-likeness (QED) is 0.825. The zero-order valence-corrected chi connectivity index (χ0v) is 11.2. The van der Waals surface area contributed by atoms with Gasteiger partial charge in [-0.25, -0.2) is 0 Å². The smallest absolute Gasteiger partial charge is 0.118 e. The summed E-state index contributed by atoms with van der Waals surface area (Å²) in [5.41, 5.74) is 0.935. The van der Waals surface area contributed by atoms with Crippen LogP contribution in [0.5, 0.6) is 5.75 Å². The van der Waals surface area contributed by atoms with Gasteiger partial charge >= 0.3 is 0 Å². The lowest BCUT2D eigenvalue weighted by Crippen LogP contribution is -2.37. The van der Waals surface area contributed by atoms with E-state index in [1.807, 2.05) is 24.3 Å². The van der Waals surface area contributed by atoms with E-state index < -0.39 is 6.10 Å². The Hall–Kier alpha value is -1.06. The summed E-state index contributed by atoms with van der Waals surface area (Å²) in [5.74, 6) is 0.816. The van der Waals surface area contributed by atoms with Crippen molar-refractivity contribution in [3.8, 4) is 5.75 Å². The number of nitrogens with zero attached hydrogens (tertiary/aromatic N) is 1. The minimum Gasteiger partial charge on any atom is -0.497 e. The first-order chi connectivity index (χ1) is 8.13. The number of hydrogen-bond acceptors (Lipinski definition) is 3. The number of methoxy groups -OCH3 is 1. The van der Waals surface area contributed by atoms with Gasteiger partial charge in [0, 0.05) is 6.04 Å². The van der Waals surface area contributed by atoms with Crippen molar-refractivity contribution in [2.45, 2.75) is 32.9 Å². The molecule has 0 amide bonds. The Morgan fingerprint density at radius 3 is 2.12 bits per heavy atom. The van der Waals surface area contributed by atoms with Gasteiger partial charge in [-0.05, 0) is 37.7 Å². The lowest BCUT2D eigenvalue weighted by Gasteiger charge is -2.30. The van der Waals surface area contributed by atoms with Gasteiger partial charge < -0.3 is 9.84 Å². The summed E-state index contributed by atoms with van der Waals surface area (Å²) in [5, 5.41) is 10.3. The molecule has 0 aliphatic carbocycles. The normalized spacial score (nSPS) is 14.7. The Bertz CT molecular complexity index is 319. The molecule has 1 aromatic rings. The van der Waals surface area contributed by atoms with Crippen molar-refractivity contribution in [3.05, 3.63) is 29.8 Å². The standard InChI is InChI=1S/C14H23NO2/c1-5-15(6-2)11(3)14(16)12-7-9-13(17-4)10-8-12/h7-11,14,16H,5-6H2,1-4H3/t11-,14+/m0/s1. The minimum absolute atomic E-state index is 0.124. The van der Waals surface area contributed by atoms with E-state index in [-0.39, 0.29) is 6.04 Å². The number of ether oxygens (including phenoxy) is 1. The monoisotopic (exact) mass is 237 g/mol. The van der Waals surface area contributed by atoms with Crippen molar-refractivity contribution in [2.24, 2.45) is 0 Å². The topological polar surface area (TPSA) is 32.7 Å². The van der Waals surface area contributed by atoms with E-state index >= 15 is 0 Å². The highest BCUT2D eigenvalue weighted by atomic mass is 16.5. The van der Waals surface area contributed by atoms with E-state index in [2.05, 4.69) is 25.7 Å². The van der Waals surface area contributed by atoms with Crippen LogP contribution in [0.4, 0.5) is 0 Å². The highest BCUT2D eigenvalue weighted by Gasteiger charge is 2.20. The third-order valence-corrected chi connectivity index (χ3v) is 3.30. The molecule has 0 aromatic heterocycles. The van der Waals surface area contributed by atoms with Crippen LogP contribution in [0.2, 0.25) is 0 Å². The average Bonchev–Trinajstić information content (AvgIpc) is 2.39.